The first-order valence-electron chi connectivity index (χ1n) is 6.68. The Labute approximate surface area is 132 Å². The molecule has 2 aromatic carbocycles. The van der Waals surface area contributed by atoms with Crippen molar-refractivity contribution in [3.8, 4) is 0 Å². The predicted octanol–water partition coefficient (Wildman–Crippen LogP) is 3.70. The fourth-order valence-electron chi connectivity index (χ4n) is 2.17. The molecule has 0 saturated carbocycles. The van der Waals surface area contributed by atoms with E-state index in [1.807, 2.05) is 13.8 Å². The topological polar surface area (TPSA) is 125 Å². The van der Waals surface area contributed by atoms with Gasteiger partial charge in [0.25, 0.3) is 0 Å². The minimum absolute atomic E-state index is 0.151. The first-order valence-corrected chi connectivity index (χ1v) is 6.68. The molecule has 0 heterocycles. The summed E-state index contributed by atoms with van der Waals surface area (Å²) in [6.07, 6.45) is 0. The second-order valence-corrected chi connectivity index (χ2v) is 5.08. The highest BCUT2D eigenvalue weighted by Crippen LogP contribution is 2.28. The van der Waals surface area contributed by atoms with Crippen LogP contribution in [0.5, 0.6) is 0 Å². The number of carbonyl (C=O) groups is 2. The molecule has 118 valence electrons. The minimum Gasteiger partial charge on any atom is -0.478 e. The third-order valence-corrected chi connectivity index (χ3v) is 3.19. The number of nitrogen functional groups attached to an aromatic ring is 1. The fraction of sp³-hybridized carbons (Fsp3) is 0.125. The van der Waals surface area contributed by atoms with E-state index in [4.69, 9.17) is 15.9 Å². The lowest BCUT2D eigenvalue weighted by Crippen LogP contribution is -2.01. The number of hydrogen-bond acceptors (Lipinski definition) is 5. The van der Waals surface area contributed by atoms with Gasteiger partial charge in [-0.1, -0.05) is 0 Å². The molecule has 0 aliphatic rings. The Bertz CT molecular complexity index is 773. The Morgan fingerprint density at radius 1 is 0.870 bits per heavy atom. The third-order valence-electron chi connectivity index (χ3n) is 3.19. The summed E-state index contributed by atoms with van der Waals surface area (Å²) in [5.41, 5.74) is 8.42. The Balaban J connectivity index is 2.47. The molecule has 23 heavy (non-hydrogen) atoms. The van der Waals surface area contributed by atoms with Crippen LogP contribution in [0, 0.1) is 13.8 Å². The van der Waals surface area contributed by atoms with Crippen molar-refractivity contribution in [1.29, 1.82) is 0 Å². The first kappa shape index (κ1) is 16.2. The van der Waals surface area contributed by atoms with Gasteiger partial charge in [-0.15, -0.1) is 0 Å². The molecule has 7 heteroatoms. The summed E-state index contributed by atoms with van der Waals surface area (Å²) in [6, 6.07) is 7.10. The molecule has 0 radical (unpaired) electrons. The molecular weight excluding hydrogens is 298 g/mol. The van der Waals surface area contributed by atoms with Crippen LogP contribution in [0.3, 0.4) is 0 Å². The van der Waals surface area contributed by atoms with Gasteiger partial charge < -0.3 is 15.9 Å². The van der Waals surface area contributed by atoms with Gasteiger partial charge in [-0.25, -0.2) is 9.59 Å². The number of rotatable bonds is 4. The van der Waals surface area contributed by atoms with E-state index in [1.54, 1.807) is 12.1 Å². The van der Waals surface area contributed by atoms with Crippen molar-refractivity contribution < 1.29 is 19.8 Å². The van der Waals surface area contributed by atoms with E-state index in [0.717, 1.165) is 17.2 Å². The standard InChI is InChI=1S/C16H15N3O4/c1-8-3-12(17)4-9(2)14(8)19-18-13-6-10(15(20)21)5-11(7-13)16(22)23/h3-7H,17H2,1-2H3,(H,20,21)(H,22,23). The van der Waals surface area contributed by atoms with Gasteiger partial charge in [0.2, 0.25) is 0 Å². The molecule has 0 unspecified atom stereocenters. The van der Waals surface area contributed by atoms with E-state index in [2.05, 4.69) is 10.2 Å². The SMILES string of the molecule is Cc1cc(N)cc(C)c1N=Nc1cc(C(=O)O)cc(C(=O)O)c1. The smallest absolute Gasteiger partial charge is 0.335 e. The first-order chi connectivity index (χ1) is 10.8. The zero-order valence-corrected chi connectivity index (χ0v) is 12.6. The molecular formula is C16H15N3O4. The molecule has 0 aromatic heterocycles. The van der Waals surface area contributed by atoms with E-state index >= 15 is 0 Å². The molecule has 0 fully saturated rings. The van der Waals surface area contributed by atoms with E-state index in [0.29, 0.717) is 11.4 Å². The number of aromatic carboxylic acids is 2. The quantitative estimate of drug-likeness (QED) is 0.586. The average Bonchev–Trinajstić information content (AvgIpc) is 2.45. The van der Waals surface area contributed by atoms with Crippen molar-refractivity contribution in [2.75, 3.05) is 5.73 Å². The van der Waals surface area contributed by atoms with Crippen LogP contribution >= 0.6 is 0 Å². The van der Waals surface area contributed by atoms with Crippen molar-refractivity contribution in [1.82, 2.24) is 0 Å². The van der Waals surface area contributed by atoms with Gasteiger partial charge >= 0.3 is 11.9 Å². The van der Waals surface area contributed by atoms with E-state index in [-0.39, 0.29) is 16.8 Å². The summed E-state index contributed by atoms with van der Waals surface area (Å²) in [7, 11) is 0. The third kappa shape index (κ3) is 3.70. The highest BCUT2D eigenvalue weighted by molar-refractivity contribution is 5.95. The van der Waals surface area contributed by atoms with E-state index < -0.39 is 11.9 Å². The fourth-order valence-corrected chi connectivity index (χ4v) is 2.17. The maximum Gasteiger partial charge on any atom is 0.335 e. The monoisotopic (exact) mass is 313 g/mol. The Morgan fingerprint density at radius 2 is 1.35 bits per heavy atom. The highest BCUT2D eigenvalue weighted by atomic mass is 16.4. The van der Waals surface area contributed by atoms with Crippen LogP contribution in [0.15, 0.2) is 40.6 Å². The number of benzene rings is 2. The molecule has 0 bridgehead atoms. The van der Waals surface area contributed by atoms with Crippen molar-refractivity contribution >= 4 is 29.0 Å². The summed E-state index contributed by atoms with van der Waals surface area (Å²) in [6.45, 7) is 3.65. The van der Waals surface area contributed by atoms with Gasteiger partial charge in [-0.3, -0.25) is 0 Å². The second-order valence-electron chi connectivity index (χ2n) is 5.08. The normalized spacial score (nSPS) is 10.9. The number of nitrogens with zero attached hydrogens (tertiary/aromatic N) is 2. The molecule has 0 atom stereocenters. The highest BCUT2D eigenvalue weighted by Gasteiger charge is 2.11. The molecule has 0 amide bonds. The number of azo groups is 1. The molecule has 0 aliphatic heterocycles. The van der Waals surface area contributed by atoms with Gasteiger partial charge in [0, 0.05) is 5.69 Å². The lowest BCUT2D eigenvalue weighted by atomic mass is 10.1. The molecule has 0 spiro atoms. The Kier molecular flexibility index (Phi) is 4.40. The number of hydrogen-bond donors (Lipinski definition) is 3. The number of aryl methyl sites for hydroxylation is 2. The zero-order chi connectivity index (χ0) is 17.1. The molecule has 0 saturated heterocycles. The molecule has 2 rings (SSSR count). The molecule has 7 nitrogen and oxygen atoms in total. The lowest BCUT2D eigenvalue weighted by Gasteiger charge is -2.05. The van der Waals surface area contributed by atoms with Crippen LogP contribution in [0.25, 0.3) is 0 Å². The summed E-state index contributed by atoms with van der Waals surface area (Å²) in [5.74, 6) is -2.46. The van der Waals surface area contributed by atoms with Crippen molar-refractivity contribution in [2.45, 2.75) is 13.8 Å². The van der Waals surface area contributed by atoms with E-state index in [9.17, 15) is 9.59 Å². The maximum atomic E-state index is 11.1. The number of anilines is 1. The second kappa shape index (κ2) is 6.27. The molecule has 2 aromatic rings. The molecule has 4 N–H and O–H groups in total. The minimum atomic E-state index is -1.23. The van der Waals surface area contributed by atoms with Crippen LogP contribution in [-0.4, -0.2) is 22.2 Å². The van der Waals surface area contributed by atoms with Gasteiger partial charge in [0.1, 0.15) is 0 Å². The van der Waals surface area contributed by atoms with Crippen LogP contribution in [0.2, 0.25) is 0 Å². The number of carboxylic acid groups (broad SMARTS) is 2. The Hall–Kier alpha value is -3.22. The predicted molar refractivity (Wildman–Crippen MR) is 84.9 cm³/mol. The van der Waals surface area contributed by atoms with Crippen LogP contribution in [0.1, 0.15) is 31.8 Å². The van der Waals surface area contributed by atoms with E-state index in [1.165, 1.54) is 12.1 Å². The van der Waals surface area contributed by atoms with Gasteiger partial charge in [0.15, 0.2) is 0 Å². The number of nitrogens with two attached hydrogens (primary N) is 1. The van der Waals surface area contributed by atoms with Crippen LogP contribution < -0.4 is 5.73 Å². The van der Waals surface area contributed by atoms with Crippen molar-refractivity contribution in [3.63, 3.8) is 0 Å². The summed E-state index contributed by atoms with van der Waals surface area (Å²) < 4.78 is 0. The van der Waals surface area contributed by atoms with Gasteiger partial charge in [-0.05, 0) is 55.3 Å². The summed E-state index contributed by atoms with van der Waals surface area (Å²) in [4.78, 5) is 22.1. The maximum absolute atomic E-state index is 11.1. The van der Waals surface area contributed by atoms with Crippen molar-refractivity contribution in [3.05, 3.63) is 52.6 Å². The zero-order valence-electron chi connectivity index (χ0n) is 12.6. The lowest BCUT2D eigenvalue weighted by molar-refractivity contribution is 0.0696. The summed E-state index contributed by atoms with van der Waals surface area (Å²) in [5, 5.41) is 26.2. The molecule has 0 aliphatic carbocycles. The van der Waals surface area contributed by atoms with Gasteiger partial charge in [0.05, 0.1) is 22.5 Å². The largest absolute Gasteiger partial charge is 0.478 e. The van der Waals surface area contributed by atoms with Crippen LogP contribution in [0.4, 0.5) is 17.1 Å². The van der Waals surface area contributed by atoms with Crippen molar-refractivity contribution in [2.24, 2.45) is 10.2 Å². The van der Waals surface area contributed by atoms with Gasteiger partial charge in [-0.2, -0.15) is 10.2 Å². The number of carboxylic acids is 2. The Morgan fingerprint density at radius 3 is 1.78 bits per heavy atom. The average molecular weight is 313 g/mol. The summed E-state index contributed by atoms with van der Waals surface area (Å²) >= 11 is 0. The van der Waals surface area contributed by atoms with Crippen LogP contribution in [-0.2, 0) is 0 Å².